The lowest BCUT2D eigenvalue weighted by atomic mass is 9.66. The van der Waals surface area contributed by atoms with Gasteiger partial charge in [-0.25, -0.2) is 4.39 Å². The van der Waals surface area contributed by atoms with Crippen LogP contribution in [-0.2, 0) is 5.41 Å². The number of nitrogens with two attached hydrogens (primary N) is 1. The Bertz CT molecular complexity index is 359. The van der Waals surface area contributed by atoms with Crippen molar-refractivity contribution in [1.82, 2.24) is 0 Å². The smallest absolute Gasteiger partial charge is 0.127 e. The highest BCUT2D eigenvalue weighted by Gasteiger charge is 2.40. The minimum absolute atomic E-state index is 0.00847. The third-order valence-corrected chi connectivity index (χ3v) is 3.50. The Morgan fingerprint density at radius 2 is 1.81 bits per heavy atom. The molecule has 0 fully saturated rings. The quantitative estimate of drug-likeness (QED) is 0.825. The molecule has 3 heteroatoms. The van der Waals surface area contributed by atoms with Crippen molar-refractivity contribution < 1.29 is 9.50 Å². The lowest BCUT2D eigenvalue weighted by molar-refractivity contribution is 0.186. The first kappa shape index (κ1) is 13.1. The second kappa shape index (κ2) is 4.52. The van der Waals surface area contributed by atoms with E-state index < -0.39 is 11.0 Å². The number of aliphatic hydroxyl groups is 1. The average molecular weight is 225 g/mol. The van der Waals surface area contributed by atoms with Gasteiger partial charge in [-0.05, 0) is 31.9 Å². The molecule has 1 aromatic rings. The summed E-state index contributed by atoms with van der Waals surface area (Å²) in [7, 11) is 0. The average Bonchev–Trinajstić information content (AvgIpc) is 2.16. The molecule has 0 aromatic heterocycles. The van der Waals surface area contributed by atoms with Gasteiger partial charge in [-0.1, -0.05) is 25.1 Å². The number of hydrogen-bond donors (Lipinski definition) is 2. The van der Waals surface area contributed by atoms with E-state index >= 15 is 0 Å². The largest absolute Gasteiger partial charge is 0.396 e. The lowest BCUT2D eigenvalue weighted by Gasteiger charge is -2.42. The molecule has 1 rings (SSSR count). The zero-order valence-electron chi connectivity index (χ0n) is 10.1. The molecule has 0 spiro atoms. The molecule has 0 amide bonds. The van der Waals surface area contributed by atoms with Crippen LogP contribution in [0.1, 0.15) is 32.8 Å². The van der Waals surface area contributed by atoms with E-state index in [1.165, 1.54) is 6.07 Å². The van der Waals surface area contributed by atoms with Gasteiger partial charge in [-0.15, -0.1) is 0 Å². The molecule has 0 saturated carbocycles. The summed E-state index contributed by atoms with van der Waals surface area (Å²) in [5.41, 5.74) is 5.51. The number of aliphatic hydroxyl groups excluding tert-OH is 1. The second-order valence-electron chi connectivity index (χ2n) is 5.01. The highest BCUT2D eigenvalue weighted by molar-refractivity contribution is 5.30. The van der Waals surface area contributed by atoms with E-state index in [1.54, 1.807) is 18.2 Å². The zero-order chi connectivity index (χ0) is 12.4. The number of hydrogen-bond acceptors (Lipinski definition) is 2. The van der Waals surface area contributed by atoms with Crippen LogP contribution in [0.3, 0.4) is 0 Å². The summed E-state index contributed by atoms with van der Waals surface area (Å²) < 4.78 is 13.8. The summed E-state index contributed by atoms with van der Waals surface area (Å²) in [6, 6.07) is 6.61. The summed E-state index contributed by atoms with van der Waals surface area (Å²) in [5, 5.41) is 9.14. The fourth-order valence-corrected chi connectivity index (χ4v) is 1.94. The van der Waals surface area contributed by atoms with Crippen molar-refractivity contribution in [2.75, 3.05) is 6.61 Å². The van der Waals surface area contributed by atoms with Gasteiger partial charge in [-0.3, -0.25) is 0 Å². The highest BCUT2D eigenvalue weighted by Crippen LogP contribution is 2.37. The fraction of sp³-hybridized carbons (Fsp3) is 0.538. The summed E-state index contributed by atoms with van der Waals surface area (Å²) >= 11 is 0. The van der Waals surface area contributed by atoms with Crippen molar-refractivity contribution in [2.45, 2.75) is 38.1 Å². The molecule has 16 heavy (non-hydrogen) atoms. The first-order valence-corrected chi connectivity index (χ1v) is 5.47. The lowest BCUT2D eigenvalue weighted by Crippen LogP contribution is -2.53. The van der Waals surface area contributed by atoms with Crippen LogP contribution in [0.2, 0.25) is 0 Å². The van der Waals surface area contributed by atoms with E-state index in [9.17, 15) is 4.39 Å². The van der Waals surface area contributed by atoms with Crippen molar-refractivity contribution in [1.29, 1.82) is 0 Å². The van der Waals surface area contributed by atoms with Crippen molar-refractivity contribution in [3.63, 3.8) is 0 Å². The van der Waals surface area contributed by atoms with Gasteiger partial charge in [-0.2, -0.15) is 0 Å². The molecule has 0 saturated heterocycles. The maximum absolute atomic E-state index is 13.8. The number of halogens is 1. The van der Waals surface area contributed by atoms with Crippen LogP contribution < -0.4 is 5.73 Å². The van der Waals surface area contributed by atoms with Crippen LogP contribution >= 0.6 is 0 Å². The Kier molecular flexibility index (Phi) is 3.71. The molecule has 90 valence electrons. The molecule has 0 aliphatic carbocycles. The SMILES string of the molecule is CC(C)(N)C(C)(CCO)c1ccccc1F. The number of benzene rings is 1. The van der Waals surface area contributed by atoms with E-state index in [1.807, 2.05) is 20.8 Å². The van der Waals surface area contributed by atoms with Gasteiger partial charge in [0.25, 0.3) is 0 Å². The Morgan fingerprint density at radius 3 is 2.25 bits per heavy atom. The van der Waals surface area contributed by atoms with Gasteiger partial charge in [0.1, 0.15) is 5.82 Å². The highest BCUT2D eigenvalue weighted by atomic mass is 19.1. The first-order chi connectivity index (χ1) is 7.33. The molecular weight excluding hydrogens is 205 g/mol. The topological polar surface area (TPSA) is 46.2 Å². The van der Waals surface area contributed by atoms with Crippen LogP contribution in [0.25, 0.3) is 0 Å². The molecule has 1 aromatic carbocycles. The maximum atomic E-state index is 13.8. The minimum atomic E-state index is -0.599. The van der Waals surface area contributed by atoms with Crippen molar-refractivity contribution in [3.05, 3.63) is 35.6 Å². The van der Waals surface area contributed by atoms with E-state index in [-0.39, 0.29) is 12.4 Å². The van der Waals surface area contributed by atoms with Crippen LogP contribution in [0.5, 0.6) is 0 Å². The first-order valence-electron chi connectivity index (χ1n) is 5.47. The fourth-order valence-electron chi connectivity index (χ4n) is 1.94. The monoisotopic (exact) mass is 225 g/mol. The summed E-state index contributed by atoms with van der Waals surface area (Å²) in [4.78, 5) is 0. The van der Waals surface area contributed by atoms with Crippen LogP contribution in [0.4, 0.5) is 4.39 Å². The van der Waals surface area contributed by atoms with Gasteiger partial charge in [0.15, 0.2) is 0 Å². The molecule has 0 heterocycles. The van der Waals surface area contributed by atoms with Crippen molar-refractivity contribution in [3.8, 4) is 0 Å². The second-order valence-corrected chi connectivity index (χ2v) is 5.01. The molecule has 0 radical (unpaired) electrons. The van der Waals surface area contributed by atoms with Crippen LogP contribution in [-0.4, -0.2) is 17.3 Å². The molecule has 0 aliphatic rings. The van der Waals surface area contributed by atoms with E-state index in [0.29, 0.717) is 12.0 Å². The zero-order valence-corrected chi connectivity index (χ0v) is 10.1. The maximum Gasteiger partial charge on any atom is 0.127 e. The molecule has 0 aliphatic heterocycles. The molecule has 0 bridgehead atoms. The predicted molar refractivity (Wildman–Crippen MR) is 63.7 cm³/mol. The Labute approximate surface area is 96.3 Å². The Morgan fingerprint density at radius 1 is 1.25 bits per heavy atom. The van der Waals surface area contributed by atoms with Crippen LogP contribution in [0.15, 0.2) is 24.3 Å². The summed E-state index contributed by atoms with van der Waals surface area (Å²) in [6.45, 7) is 5.59. The Hall–Kier alpha value is -0.930. The molecule has 2 nitrogen and oxygen atoms in total. The number of rotatable bonds is 4. The Balaban J connectivity index is 3.28. The van der Waals surface area contributed by atoms with Crippen molar-refractivity contribution in [2.24, 2.45) is 5.73 Å². The third kappa shape index (κ3) is 2.25. The third-order valence-electron chi connectivity index (χ3n) is 3.50. The normalized spacial score (nSPS) is 15.9. The summed E-state index contributed by atoms with van der Waals surface area (Å²) in [6.07, 6.45) is 0.442. The van der Waals surface area contributed by atoms with E-state index in [4.69, 9.17) is 10.8 Å². The summed E-state index contributed by atoms with van der Waals surface area (Å²) in [5.74, 6) is -0.267. The van der Waals surface area contributed by atoms with Crippen molar-refractivity contribution >= 4 is 0 Å². The predicted octanol–water partition coefficient (Wildman–Crippen LogP) is 2.20. The molecular formula is C13H20FNO. The van der Waals surface area contributed by atoms with Gasteiger partial charge in [0.05, 0.1) is 0 Å². The van der Waals surface area contributed by atoms with E-state index in [0.717, 1.165) is 0 Å². The molecule has 3 N–H and O–H groups in total. The van der Waals surface area contributed by atoms with Gasteiger partial charge >= 0.3 is 0 Å². The van der Waals surface area contributed by atoms with E-state index in [2.05, 4.69) is 0 Å². The van der Waals surface area contributed by atoms with Gasteiger partial charge in [0.2, 0.25) is 0 Å². The van der Waals surface area contributed by atoms with Crippen LogP contribution in [0, 0.1) is 5.82 Å². The standard InChI is InChI=1S/C13H20FNO/c1-12(2,15)13(3,8-9-16)10-6-4-5-7-11(10)14/h4-7,16H,8-9,15H2,1-3H3. The van der Waals surface area contributed by atoms with Gasteiger partial charge < -0.3 is 10.8 Å². The molecule has 1 atom stereocenters. The minimum Gasteiger partial charge on any atom is -0.396 e. The molecule has 1 unspecified atom stereocenters. The van der Waals surface area contributed by atoms with Gasteiger partial charge in [0, 0.05) is 17.6 Å².